The van der Waals surface area contributed by atoms with E-state index in [4.69, 9.17) is 0 Å². The van der Waals surface area contributed by atoms with Gasteiger partial charge in [0, 0.05) is 0 Å². The van der Waals surface area contributed by atoms with E-state index in [1.54, 1.807) is 6.07 Å². The summed E-state index contributed by atoms with van der Waals surface area (Å²) in [5, 5.41) is 4.47. The number of hydrogen-bond donors (Lipinski definition) is 2. The number of ether oxygens (including phenoxy) is 1. The van der Waals surface area contributed by atoms with Crippen LogP contribution in [0.15, 0.2) is 24.3 Å². The monoisotopic (exact) mass is 226 g/mol. The van der Waals surface area contributed by atoms with Crippen LogP contribution in [-0.4, -0.2) is 25.7 Å². The van der Waals surface area contributed by atoms with Crippen LogP contribution >= 0.6 is 0 Å². The van der Waals surface area contributed by atoms with E-state index in [1.807, 2.05) is 0 Å². The number of hydrogen-bond acceptors (Lipinski definition) is 3. The van der Waals surface area contributed by atoms with Crippen LogP contribution in [-0.2, 0) is 9.53 Å². The summed E-state index contributed by atoms with van der Waals surface area (Å²) >= 11 is 0. The van der Waals surface area contributed by atoms with Crippen molar-refractivity contribution < 1.29 is 18.7 Å². The topological polar surface area (TPSA) is 67.4 Å². The van der Waals surface area contributed by atoms with E-state index in [1.165, 1.54) is 25.3 Å². The Morgan fingerprint density at radius 1 is 1.38 bits per heavy atom. The quantitative estimate of drug-likeness (QED) is 0.759. The van der Waals surface area contributed by atoms with Crippen LogP contribution in [0.3, 0.4) is 0 Å². The van der Waals surface area contributed by atoms with Crippen molar-refractivity contribution >= 4 is 17.7 Å². The van der Waals surface area contributed by atoms with Gasteiger partial charge in [0.2, 0.25) is 0 Å². The van der Waals surface area contributed by atoms with Crippen molar-refractivity contribution in [1.82, 2.24) is 5.32 Å². The van der Waals surface area contributed by atoms with E-state index in [9.17, 15) is 14.0 Å². The molecule has 0 heterocycles. The minimum atomic E-state index is -0.671. The number of esters is 1. The summed E-state index contributed by atoms with van der Waals surface area (Å²) in [5.74, 6) is -1.13. The predicted octanol–water partition coefficient (Wildman–Crippen LogP) is 1.12. The number of para-hydroxylation sites is 1. The molecule has 0 unspecified atom stereocenters. The molecule has 0 spiro atoms. The van der Waals surface area contributed by atoms with Crippen LogP contribution in [0.4, 0.5) is 14.9 Å². The van der Waals surface area contributed by atoms with Crippen molar-refractivity contribution in [2.75, 3.05) is 19.0 Å². The number of benzene rings is 1. The first-order chi connectivity index (χ1) is 7.63. The molecule has 1 aromatic rings. The summed E-state index contributed by atoms with van der Waals surface area (Å²) in [7, 11) is 1.21. The van der Waals surface area contributed by atoms with Crippen molar-refractivity contribution in [3.05, 3.63) is 30.1 Å². The van der Waals surface area contributed by atoms with E-state index >= 15 is 0 Å². The Balaban J connectivity index is 2.46. The molecule has 0 aliphatic heterocycles. The molecule has 5 nitrogen and oxygen atoms in total. The zero-order chi connectivity index (χ0) is 12.0. The maximum absolute atomic E-state index is 13.1. The zero-order valence-electron chi connectivity index (χ0n) is 8.62. The van der Waals surface area contributed by atoms with E-state index < -0.39 is 17.8 Å². The SMILES string of the molecule is COC(=O)CNC(=O)Nc1ccccc1F. The summed E-state index contributed by atoms with van der Waals surface area (Å²) in [4.78, 5) is 21.9. The molecule has 1 rings (SSSR count). The van der Waals surface area contributed by atoms with Gasteiger partial charge in [0.05, 0.1) is 12.8 Å². The molecule has 2 amide bonds. The Hall–Kier alpha value is -2.11. The first-order valence-electron chi connectivity index (χ1n) is 4.49. The number of methoxy groups -OCH3 is 1. The number of nitrogens with one attached hydrogen (secondary N) is 2. The van der Waals surface area contributed by atoms with Gasteiger partial charge in [-0.1, -0.05) is 12.1 Å². The minimum Gasteiger partial charge on any atom is -0.468 e. The lowest BCUT2D eigenvalue weighted by Gasteiger charge is -2.06. The third-order valence-corrected chi connectivity index (χ3v) is 1.74. The highest BCUT2D eigenvalue weighted by Crippen LogP contribution is 2.11. The van der Waals surface area contributed by atoms with Crippen LogP contribution in [0, 0.1) is 5.82 Å². The first kappa shape index (κ1) is 12.0. The van der Waals surface area contributed by atoms with E-state index in [0.29, 0.717) is 0 Å². The maximum atomic E-state index is 13.1. The molecule has 16 heavy (non-hydrogen) atoms. The van der Waals surface area contributed by atoms with Crippen LogP contribution in [0.25, 0.3) is 0 Å². The molecule has 0 atom stereocenters. The minimum absolute atomic E-state index is 0.0462. The molecule has 6 heteroatoms. The molecular weight excluding hydrogens is 215 g/mol. The maximum Gasteiger partial charge on any atom is 0.325 e. The first-order valence-corrected chi connectivity index (χ1v) is 4.49. The highest BCUT2D eigenvalue weighted by atomic mass is 19.1. The molecule has 0 radical (unpaired) electrons. The fraction of sp³-hybridized carbons (Fsp3) is 0.200. The molecule has 0 fully saturated rings. The lowest BCUT2D eigenvalue weighted by atomic mass is 10.3. The second kappa shape index (κ2) is 5.69. The second-order valence-electron chi connectivity index (χ2n) is 2.86. The van der Waals surface area contributed by atoms with Gasteiger partial charge in [-0.15, -0.1) is 0 Å². The van der Waals surface area contributed by atoms with Crippen LogP contribution in [0.1, 0.15) is 0 Å². The average molecular weight is 226 g/mol. The number of anilines is 1. The third kappa shape index (κ3) is 3.56. The van der Waals surface area contributed by atoms with Crippen LogP contribution in [0.5, 0.6) is 0 Å². The summed E-state index contributed by atoms with van der Waals surface area (Å²) in [6.45, 7) is -0.267. The highest BCUT2D eigenvalue weighted by molar-refractivity contribution is 5.91. The van der Waals surface area contributed by atoms with Gasteiger partial charge >= 0.3 is 12.0 Å². The molecule has 1 aromatic carbocycles. The van der Waals surface area contributed by atoms with Gasteiger partial charge in [-0.3, -0.25) is 4.79 Å². The van der Waals surface area contributed by atoms with Gasteiger partial charge in [-0.05, 0) is 12.1 Å². The van der Waals surface area contributed by atoms with E-state index in [-0.39, 0.29) is 12.2 Å². The van der Waals surface area contributed by atoms with Crippen molar-refractivity contribution in [2.24, 2.45) is 0 Å². The van der Waals surface area contributed by atoms with Crippen molar-refractivity contribution in [2.45, 2.75) is 0 Å². The normalized spacial score (nSPS) is 9.38. The molecule has 0 aromatic heterocycles. The standard InChI is InChI=1S/C10H11FN2O3/c1-16-9(14)6-12-10(15)13-8-5-3-2-4-7(8)11/h2-5H,6H2,1H3,(H2,12,13,15). The molecule has 0 saturated carbocycles. The lowest BCUT2D eigenvalue weighted by molar-refractivity contribution is -0.139. The lowest BCUT2D eigenvalue weighted by Crippen LogP contribution is -2.33. The Morgan fingerprint density at radius 2 is 2.06 bits per heavy atom. The van der Waals surface area contributed by atoms with Crippen LogP contribution in [0.2, 0.25) is 0 Å². The third-order valence-electron chi connectivity index (χ3n) is 1.74. The Kier molecular flexibility index (Phi) is 4.26. The molecule has 2 N–H and O–H groups in total. The van der Waals surface area contributed by atoms with Gasteiger partial charge < -0.3 is 15.4 Å². The van der Waals surface area contributed by atoms with Crippen LogP contribution < -0.4 is 10.6 Å². The Morgan fingerprint density at radius 3 is 2.69 bits per heavy atom. The summed E-state index contributed by atoms with van der Waals surface area (Å²) in [5.41, 5.74) is 0.0462. The Labute approximate surface area is 91.6 Å². The number of carbonyl (C=O) groups excluding carboxylic acids is 2. The molecule has 0 saturated heterocycles. The van der Waals surface area contributed by atoms with Gasteiger partial charge in [0.25, 0.3) is 0 Å². The molecule has 0 bridgehead atoms. The molecule has 86 valence electrons. The summed E-state index contributed by atoms with van der Waals surface area (Å²) in [6, 6.07) is 5.05. The number of halogens is 1. The number of urea groups is 1. The van der Waals surface area contributed by atoms with Gasteiger partial charge in [0.1, 0.15) is 12.4 Å². The molecule has 0 aliphatic carbocycles. The van der Waals surface area contributed by atoms with Crippen molar-refractivity contribution in [3.8, 4) is 0 Å². The summed E-state index contributed by atoms with van der Waals surface area (Å²) < 4.78 is 17.4. The zero-order valence-corrected chi connectivity index (χ0v) is 8.62. The highest BCUT2D eigenvalue weighted by Gasteiger charge is 2.07. The largest absolute Gasteiger partial charge is 0.468 e. The second-order valence-corrected chi connectivity index (χ2v) is 2.86. The fourth-order valence-electron chi connectivity index (χ4n) is 0.954. The fourth-order valence-corrected chi connectivity index (χ4v) is 0.954. The molecular formula is C10H11FN2O3. The van der Waals surface area contributed by atoms with Gasteiger partial charge in [-0.2, -0.15) is 0 Å². The number of carbonyl (C=O) groups is 2. The van der Waals surface area contributed by atoms with Gasteiger partial charge in [-0.25, -0.2) is 9.18 Å². The molecule has 0 aliphatic rings. The Bertz CT molecular complexity index is 395. The average Bonchev–Trinajstić information content (AvgIpc) is 2.29. The smallest absolute Gasteiger partial charge is 0.325 e. The van der Waals surface area contributed by atoms with Gasteiger partial charge in [0.15, 0.2) is 0 Å². The van der Waals surface area contributed by atoms with Crippen molar-refractivity contribution in [1.29, 1.82) is 0 Å². The van der Waals surface area contributed by atoms with Crippen molar-refractivity contribution in [3.63, 3.8) is 0 Å². The van der Waals surface area contributed by atoms with E-state index in [0.717, 1.165) is 0 Å². The number of rotatable bonds is 3. The van der Waals surface area contributed by atoms with E-state index in [2.05, 4.69) is 15.4 Å². The number of amides is 2. The summed E-state index contributed by atoms with van der Waals surface area (Å²) in [6.07, 6.45) is 0. The predicted molar refractivity (Wildman–Crippen MR) is 55.4 cm³/mol.